The minimum absolute atomic E-state index is 0.232. The number of carboxylic acid groups (broad SMARTS) is 1. The molecule has 7 heteroatoms. The van der Waals surface area contributed by atoms with Crippen molar-refractivity contribution < 1.29 is 19.4 Å². The third kappa shape index (κ3) is 3.51. The Bertz CT molecular complexity index is 786. The summed E-state index contributed by atoms with van der Waals surface area (Å²) in [6.45, 7) is 2.31. The minimum atomic E-state index is -1.31. The zero-order chi connectivity index (χ0) is 17.9. The van der Waals surface area contributed by atoms with Crippen LogP contribution in [-0.4, -0.2) is 45.7 Å². The molecule has 2 N–H and O–H groups in total. The molecule has 3 rings (SSSR count). The Balaban J connectivity index is 1.84. The zero-order valence-electron chi connectivity index (χ0n) is 13.9. The Hall–Kier alpha value is -2.80. The maximum Gasteiger partial charge on any atom is 0.329 e. The molecule has 2 heterocycles. The van der Waals surface area contributed by atoms with Gasteiger partial charge in [-0.1, -0.05) is 30.3 Å². The molecule has 1 saturated heterocycles. The number of benzene rings is 1. The molecule has 1 aromatic heterocycles. The predicted molar refractivity (Wildman–Crippen MR) is 90.1 cm³/mol. The van der Waals surface area contributed by atoms with Gasteiger partial charge in [0.15, 0.2) is 5.82 Å². The van der Waals surface area contributed by atoms with Crippen LogP contribution < -0.4 is 5.32 Å². The molecule has 0 saturated carbocycles. The van der Waals surface area contributed by atoms with Crippen molar-refractivity contribution in [3.05, 3.63) is 47.8 Å². The van der Waals surface area contributed by atoms with Crippen LogP contribution in [0.15, 0.2) is 36.5 Å². The number of carbonyl (C=O) groups is 2. The molecule has 0 spiro atoms. The van der Waals surface area contributed by atoms with Gasteiger partial charge in [-0.25, -0.2) is 14.8 Å². The van der Waals surface area contributed by atoms with Crippen molar-refractivity contribution in [2.75, 3.05) is 13.2 Å². The SMILES string of the molecule is Cc1nc(-c2ccccc2)ncc1C(=O)NC1(C(=O)O)CCOCC1. The third-order valence-corrected chi connectivity index (χ3v) is 4.36. The van der Waals surface area contributed by atoms with Gasteiger partial charge in [0, 0.05) is 37.8 Å². The number of aliphatic carboxylic acids is 1. The summed E-state index contributed by atoms with van der Waals surface area (Å²) in [6, 6.07) is 9.44. The summed E-state index contributed by atoms with van der Waals surface area (Å²) in [5.74, 6) is -1.02. The molecule has 1 aliphatic rings. The van der Waals surface area contributed by atoms with E-state index < -0.39 is 17.4 Å². The number of rotatable bonds is 4. The molecular weight excluding hydrogens is 322 g/mol. The molecule has 1 fully saturated rings. The van der Waals surface area contributed by atoms with Gasteiger partial charge in [-0.05, 0) is 6.92 Å². The number of hydrogen-bond donors (Lipinski definition) is 2. The molecular formula is C18H19N3O4. The topological polar surface area (TPSA) is 101 Å². The van der Waals surface area contributed by atoms with Crippen LogP contribution in [-0.2, 0) is 9.53 Å². The van der Waals surface area contributed by atoms with Crippen molar-refractivity contribution in [3.8, 4) is 11.4 Å². The highest BCUT2D eigenvalue weighted by Crippen LogP contribution is 2.22. The van der Waals surface area contributed by atoms with E-state index in [0.717, 1.165) is 5.56 Å². The van der Waals surface area contributed by atoms with Crippen LogP contribution in [0, 0.1) is 6.92 Å². The Morgan fingerprint density at radius 3 is 2.48 bits per heavy atom. The van der Waals surface area contributed by atoms with Crippen molar-refractivity contribution in [2.45, 2.75) is 25.3 Å². The summed E-state index contributed by atoms with van der Waals surface area (Å²) < 4.78 is 5.21. The van der Waals surface area contributed by atoms with Gasteiger partial charge in [0.05, 0.1) is 11.3 Å². The Kier molecular flexibility index (Phi) is 4.76. The molecule has 0 unspecified atom stereocenters. The van der Waals surface area contributed by atoms with E-state index in [1.54, 1.807) is 6.92 Å². The second-order valence-corrected chi connectivity index (χ2v) is 6.01. The standard InChI is InChI=1S/C18H19N3O4/c1-12-14(11-19-15(20-12)13-5-3-2-4-6-13)16(22)21-18(17(23)24)7-9-25-10-8-18/h2-6,11H,7-10H2,1H3,(H,21,22)(H,23,24). The van der Waals surface area contributed by atoms with Crippen molar-refractivity contribution >= 4 is 11.9 Å². The number of nitrogens with one attached hydrogen (secondary N) is 1. The molecule has 130 valence electrons. The first-order chi connectivity index (χ1) is 12.0. The van der Waals surface area contributed by atoms with Gasteiger partial charge in [0.25, 0.3) is 5.91 Å². The average Bonchev–Trinajstić information content (AvgIpc) is 2.63. The maximum absolute atomic E-state index is 12.6. The molecule has 1 aliphatic heterocycles. The monoisotopic (exact) mass is 341 g/mol. The Morgan fingerprint density at radius 1 is 1.20 bits per heavy atom. The van der Waals surface area contributed by atoms with E-state index in [1.807, 2.05) is 30.3 Å². The lowest BCUT2D eigenvalue weighted by atomic mass is 9.89. The summed E-state index contributed by atoms with van der Waals surface area (Å²) in [7, 11) is 0. The van der Waals surface area contributed by atoms with Crippen molar-refractivity contribution in [3.63, 3.8) is 0 Å². The first-order valence-corrected chi connectivity index (χ1v) is 8.04. The van der Waals surface area contributed by atoms with E-state index in [9.17, 15) is 14.7 Å². The summed E-state index contributed by atoms with van der Waals surface area (Å²) in [5.41, 5.74) is 0.314. The number of ether oxygens (including phenoxy) is 1. The molecule has 0 radical (unpaired) electrons. The molecule has 0 atom stereocenters. The Labute approximate surface area is 145 Å². The molecule has 1 amide bonds. The summed E-state index contributed by atoms with van der Waals surface area (Å²) in [4.78, 5) is 32.9. The van der Waals surface area contributed by atoms with Crippen LogP contribution in [0.25, 0.3) is 11.4 Å². The summed E-state index contributed by atoms with van der Waals surface area (Å²) in [5, 5.41) is 12.2. The van der Waals surface area contributed by atoms with Crippen molar-refractivity contribution in [2.24, 2.45) is 0 Å². The van der Waals surface area contributed by atoms with Gasteiger partial charge in [-0.3, -0.25) is 4.79 Å². The van der Waals surface area contributed by atoms with E-state index in [2.05, 4.69) is 15.3 Å². The summed E-state index contributed by atoms with van der Waals surface area (Å²) >= 11 is 0. The quantitative estimate of drug-likeness (QED) is 0.879. The highest BCUT2D eigenvalue weighted by Gasteiger charge is 2.42. The van der Waals surface area contributed by atoms with Crippen LogP contribution >= 0.6 is 0 Å². The minimum Gasteiger partial charge on any atom is -0.480 e. The zero-order valence-corrected chi connectivity index (χ0v) is 13.9. The highest BCUT2D eigenvalue weighted by atomic mass is 16.5. The van der Waals surface area contributed by atoms with Crippen LogP contribution in [0.2, 0.25) is 0 Å². The second kappa shape index (κ2) is 6.98. The van der Waals surface area contributed by atoms with Crippen LogP contribution in [0.5, 0.6) is 0 Å². The van der Waals surface area contributed by atoms with E-state index in [1.165, 1.54) is 6.20 Å². The number of carboxylic acids is 1. The van der Waals surface area contributed by atoms with E-state index >= 15 is 0 Å². The van der Waals surface area contributed by atoms with Gasteiger partial charge in [-0.2, -0.15) is 0 Å². The first-order valence-electron chi connectivity index (χ1n) is 8.04. The normalized spacial score (nSPS) is 16.2. The lowest BCUT2D eigenvalue weighted by molar-refractivity contribution is -0.148. The van der Waals surface area contributed by atoms with E-state index in [-0.39, 0.29) is 18.4 Å². The predicted octanol–water partition coefficient (Wildman–Crippen LogP) is 1.82. The van der Waals surface area contributed by atoms with Gasteiger partial charge >= 0.3 is 5.97 Å². The fourth-order valence-corrected chi connectivity index (χ4v) is 2.81. The van der Waals surface area contributed by atoms with E-state index in [4.69, 9.17) is 4.74 Å². The van der Waals surface area contributed by atoms with E-state index in [0.29, 0.717) is 24.7 Å². The number of hydrogen-bond acceptors (Lipinski definition) is 5. The number of amides is 1. The molecule has 1 aromatic carbocycles. The smallest absolute Gasteiger partial charge is 0.329 e. The average molecular weight is 341 g/mol. The fraction of sp³-hybridized carbons (Fsp3) is 0.333. The number of aromatic nitrogens is 2. The van der Waals surface area contributed by atoms with Crippen LogP contribution in [0.4, 0.5) is 0 Å². The van der Waals surface area contributed by atoms with Gasteiger partial charge in [0.1, 0.15) is 5.54 Å². The lowest BCUT2D eigenvalue weighted by Gasteiger charge is -2.33. The maximum atomic E-state index is 12.6. The van der Waals surface area contributed by atoms with Crippen LogP contribution in [0.3, 0.4) is 0 Å². The number of aryl methyl sites for hydroxylation is 1. The largest absolute Gasteiger partial charge is 0.480 e. The second-order valence-electron chi connectivity index (χ2n) is 6.01. The molecule has 25 heavy (non-hydrogen) atoms. The van der Waals surface area contributed by atoms with Gasteiger partial charge in [-0.15, -0.1) is 0 Å². The number of carbonyl (C=O) groups excluding carboxylic acids is 1. The molecule has 0 bridgehead atoms. The third-order valence-electron chi connectivity index (χ3n) is 4.36. The lowest BCUT2D eigenvalue weighted by Crippen LogP contribution is -2.57. The summed E-state index contributed by atoms with van der Waals surface area (Å²) in [6.07, 6.45) is 1.90. The highest BCUT2D eigenvalue weighted by molar-refractivity contribution is 5.98. The fourth-order valence-electron chi connectivity index (χ4n) is 2.81. The molecule has 0 aliphatic carbocycles. The Morgan fingerprint density at radius 2 is 1.88 bits per heavy atom. The first kappa shape index (κ1) is 17.0. The van der Waals surface area contributed by atoms with Crippen molar-refractivity contribution in [1.29, 1.82) is 0 Å². The van der Waals surface area contributed by atoms with Gasteiger partial charge in [0.2, 0.25) is 0 Å². The molecule has 7 nitrogen and oxygen atoms in total. The van der Waals surface area contributed by atoms with Crippen LogP contribution in [0.1, 0.15) is 28.9 Å². The number of nitrogens with zero attached hydrogens (tertiary/aromatic N) is 2. The van der Waals surface area contributed by atoms with Gasteiger partial charge < -0.3 is 15.2 Å². The molecule has 2 aromatic rings. The van der Waals surface area contributed by atoms with Crippen molar-refractivity contribution in [1.82, 2.24) is 15.3 Å².